The van der Waals surface area contributed by atoms with Crippen molar-refractivity contribution in [2.75, 3.05) is 13.1 Å². The first-order chi connectivity index (χ1) is 14.9. The third kappa shape index (κ3) is 3.39. The Morgan fingerprint density at radius 1 is 1.10 bits per heavy atom. The standard InChI is InChI=1S/C23H23F2N3O3/c1-14-8-16(13-26-12-14)21(29)27-6-4-23(5-7-27)22(30)28-19(2-3-20(28)31-23)15-9-17(24)11-18(25)10-15/h8-13,19-20H,2-7H2,1H3/t19-,20+/m0/s1. The number of halogens is 2. The summed E-state index contributed by atoms with van der Waals surface area (Å²) in [6, 6.07) is 4.79. The molecule has 1 aromatic heterocycles. The van der Waals surface area contributed by atoms with Gasteiger partial charge in [-0.05, 0) is 49.1 Å². The summed E-state index contributed by atoms with van der Waals surface area (Å²) in [5.74, 6) is -1.56. The molecule has 162 valence electrons. The molecule has 3 fully saturated rings. The van der Waals surface area contributed by atoms with E-state index in [2.05, 4.69) is 4.98 Å². The van der Waals surface area contributed by atoms with E-state index >= 15 is 0 Å². The van der Waals surface area contributed by atoms with Gasteiger partial charge in [0.25, 0.3) is 11.8 Å². The second-order valence-corrected chi connectivity index (χ2v) is 8.62. The van der Waals surface area contributed by atoms with E-state index in [1.165, 1.54) is 12.1 Å². The van der Waals surface area contributed by atoms with Crippen LogP contribution in [-0.2, 0) is 9.53 Å². The number of hydrogen-bond donors (Lipinski definition) is 0. The lowest BCUT2D eigenvalue weighted by molar-refractivity contribution is -0.142. The lowest BCUT2D eigenvalue weighted by atomic mass is 9.89. The summed E-state index contributed by atoms with van der Waals surface area (Å²) in [5, 5.41) is 0. The number of ether oxygens (including phenoxy) is 1. The van der Waals surface area contributed by atoms with E-state index in [0.717, 1.165) is 11.6 Å². The zero-order chi connectivity index (χ0) is 21.8. The van der Waals surface area contributed by atoms with Crippen LogP contribution in [0.25, 0.3) is 0 Å². The van der Waals surface area contributed by atoms with Crippen molar-refractivity contribution in [2.45, 2.75) is 50.5 Å². The summed E-state index contributed by atoms with van der Waals surface area (Å²) in [5.41, 5.74) is 0.919. The Morgan fingerprint density at radius 3 is 2.48 bits per heavy atom. The summed E-state index contributed by atoms with van der Waals surface area (Å²) in [7, 11) is 0. The quantitative estimate of drug-likeness (QED) is 0.737. The van der Waals surface area contributed by atoms with Gasteiger partial charge in [-0.1, -0.05) is 0 Å². The summed E-state index contributed by atoms with van der Waals surface area (Å²) >= 11 is 0. The van der Waals surface area contributed by atoms with Gasteiger partial charge in [-0.3, -0.25) is 14.6 Å². The summed E-state index contributed by atoms with van der Waals surface area (Å²) in [6.07, 6.45) is 4.86. The van der Waals surface area contributed by atoms with Gasteiger partial charge in [0, 0.05) is 44.4 Å². The second kappa shape index (κ2) is 7.37. The Balaban J connectivity index is 1.32. The fraction of sp³-hybridized carbons (Fsp3) is 0.435. The fourth-order valence-electron chi connectivity index (χ4n) is 5.07. The molecule has 0 unspecified atom stereocenters. The van der Waals surface area contributed by atoms with E-state index in [-0.39, 0.29) is 11.8 Å². The molecule has 4 heterocycles. The van der Waals surface area contributed by atoms with Gasteiger partial charge < -0.3 is 14.5 Å². The molecule has 1 aromatic carbocycles. The molecule has 3 saturated heterocycles. The molecule has 0 bridgehead atoms. The van der Waals surface area contributed by atoms with Crippen LogP contribution < -0.4 is 0 Å². The third-order valence-electron chi connectivity index (χ3n) is 6.57. The number of carbonyl (C=O) groups is 2. The number of aryl methyl sites for hydroxylation is 1. The van der Waals surface area contributed by atoms with Crippen molar-refractivity contribution in [3.8, 4) is 0 Å². The van der Waals surface area contributed by atoms with Crippen molar-refractivity contribution in [1.29, 1.82) is 0 Å². The minimum atomic E-state index is -0.975. The minimum absolute atomic E-state index is 0.106. The number of fused-ring (bicyclic) bond motifs is 1. The highest BCUT2D eigenvalue weighted by molar-refractivity contribution is 5.94. The number of hydrogen-bond acceptors (Lipinski definition) is 4. The molecule has 5 rings (SSSR count). The Kier molecular flexibility index (Phi) is 4.77. The third-order valence-corrected chi connectivity index (χ3v) is 6.57. The van der Waals surface area contributed by atoms with Crippen LogP contribution in [0.1, 0.15) is 53.2 Å². The van der Waals surface area contributed by atoms with Crippen LogP contribution in [0.2, 0.25) is 0 Å². The summed E-state index contributed by atoms with van der Waals surface area (Å²) in [6.45, 7) is 2.69. The van der Waals surface area contributed by atoms with E-state index in [4.69, 9.17) is 4.74 Å². The maximum Gasteiger partial charge on any atom is 0.257 e. The van der Waals surface area contributed by atoms with Crippen molar-refractivity contribution in [3.05, 3.63) is 65.0 Å². The topological polar surface area (TPSA) is 62.7 Å². The summed E-state index contributed by atoms with van der Waals surface area (Å²) in [4.78, 5) is 33.7. The molecular formula is C23H23F2N3O3. The number of pyridine rings is 1. The van der Waals surface area contributed by atoms with Crippen LogP contribution in [0, 0.1) is 18.6 Å². The van der Waals surface area contributed by atoms with Gasteiger partial charge in [-0.25, -0.2) is 8.78 Å². The molecule has 2 amide bonds. The maximum absolute atomic E-state index is 13.7. The van der Waals surface area contributed by atoms with Crippen molar-refractivity contribution in [3.63, 3.8) is 0 Å². The number of amides is 2. The fourth-order valence-corrected chi connectivity index (χ4v) is 5.07. The van der Waals surface area contributed by atoms with E-state index in [1.54, 1.807) is 28.3 Å². The van der Waals surface area contributed by atoms with Gasteiger partial charge in [-0.15, -0.1) is 0 Å². The van der Waals surface area contributed by atoms with Gasteiger partial charge >= 0.3 is 0 Å². The van der Waals surface area contributed by atoms with E-state index in [9.17, 15) is 18.4 Å². The molecule has 6 nitrogen and oxygen atoms in total. The molecule has 8 heteroatoms. The Labute approximate surface area is 178 Å². The van der Waals surface area contributed by atoms with Crippen LogP contribution in [0.4, 0.5) is 8.78 Å². The predicted octanol–water partition coefficient (Wildman–Crippen LogP) is 3.36. The molecule has 0 radical (unpaired) electrons. The van der Waals surface area contributed by atoms with E-state index in [1.807, 2.05) is 6.92 Å². The SMILES string of the molecule is Cc1cncc(C(=O)N2CCC3(CC2)O[C@@H]2CC[C@@H](c4cc(F)cc(F)c4)N2C3=O)c1. The molecule has 2 aromatic rings. The van der Waals surface area contributed by atoms with Crippen molar-refractivity contribution in [1.82, 2.24) is 14.8 Å². The number of likely N-dealkylation sites (tertiary alicyclic amines) is 1. The molecule has 3 aliphatic rings. The highest BCUT2D eigenvalue weighted by Crippen LogP contribution is 2.47. The van der Waals surface area contributed by atoms with Crippen LogP contribution in [0.5, 0.6) is 0 Å². The average Bonchev–Trinajstić information content (AvgIpc) is 3.26. The van der Waals surface area contributed by atoms with Gasteiger partial charge in [-0.2, -0.15) is 0 Å². The molecule has 1 spiro atoms. The number of carbonyl (C=O) groups excluding carboxylic acids is 2. The monoisotopic (exact) mass is 427 g/mol. The number of benzene rings is 1. The Morgan fingerprint density at radius 2 is 1.81 bits per heavy atom. The van der Waals surface area contributed by atoms with Gasteiger partial charge in [0.15, 0.2) is 5.60 Å². The molecular weight excluding hydrogens is 404 g/mol. The Bertz CT molecular complexity index is 1030. The van der Waals surface area contributed by atoms with Crippen molar-refractivity contribution in [2.24, 2.45) is 0 Å². The predicted molar refractivity (Wildman–Crippen MR) is 107 cm³/mol. The van der Waals surface area contributed by atoms with Gasteiger partial charge in [0.05, 0.1) is 11.6 Å². The second-order valence-electron chi connectivity index (χ2n) is 8.62. The maximum atomic E-state index is 13.7. The van der Waals surface area contributed by atoms with Crippen LogP contribution in [-0.4, -0.2) is 51.5 Å². The number of rotatable bonds is 2. The van der Waals surface area contributed by atoms with Crippen LogP contribution >= 0.6 is 0 Å². The van der Waals surface area contributed by atoms with Gasteiger partial charge in [0.1, 0.15) is 17.9 Å². The minimum Gasteiger partial charge on any atom is -0.342 e. The first-order valence-corrected chi connectivity index (χ1v) is 10.5. The highest BCUT2D eigenvalue weighted by Gasteiger charge is 2.58. The van der Waals surface area contributed by atoms with E-state index < -0.39 is 29.5 Å². The van der Waals surface area contributed by atoms with Gasteiger partial charge in [0.2, 0.25) is 0 Å². The lowest BCUT2D eigenvalue weighted by Crippen LogP contribution is -2.51. The number of aromatic nitrogens is 1. The normalized spacial score (nSPS) is 24.7. The molecule has 31 heavy (non-hydrogen) atoms. The smallest absolute Gasteiger partial charge is 0.257 e. The Hall–Kier alpha value is -2.87. The first kappa shape index (κ1) is 20.1. The molecule has 0 saturated carbocycles. The number of piperidine rings is 1. The first-order valence-electron chi connectivity index (χ1n) is 10.5. The lowest BCUT2D eigenvalue weighted by Gasteiger charge is -2.37. The molecule has 3 aliphatic heterocycles. The molecule has 0 N–H and O–H groups in total. The largest absolute Gasteiger partial charge is 0.342 e. The zero-order valence-corrected chi connectivity index (χ0v) is 17.2. The van der Waals surface area contributed by atoms with Crippen molar-refractivity contribution >= 4 is 11.8 Å². The van der Waals surface area contributed by atoms with Crippen LogP contribution in [0.15, 0.2) is 36.7 Å². The van der Waals surface area contributed by atoms with E-state index in [0.29, 0.717) is 49.9 Å². The van der Waals surface area contributed by atoms with Crippen molar-refractivity contribution < 1.29 is 23.1 Å². The number of nitrogens with zero attached hydrogens (tertiary/aromatic N) is 3. The molecule has 0 aliphatic carbocycles. The summed E-state index contributed by atoms with van der Waals surface area (Å²) < 4.78 is 33.7. The average molecular weight is 427 g/mol. The zero-order valence-electron chi connectivity index (χ0n) is 17.2. The molecule has 2 atom stereocenters. The van der Waals surface area contributed by atoms with Crippen LogP contribution in [0.3, 0.4) is 0 Å². The highest BCUT2D eigenvalue weighted by atomic mass is 19.1.